The molecule has 1 heterocycles. The van der Waals surface area contributed by atoms with Gasteiger partial charge in [-0.05, 0) is 13.3 Å². The second-order valence-corrected chi connectivity index (χ2v) is 5.17. The highest BCUT2D eigenvalue weighted by atomic mass is 32.2. The molecule has 5 nitrogen and oxygen atoms in total. The van der Waals surface area contributed by atoms with E-state index in [2.05, 4.69) is 20.8 Å². The Labute approximate surface area is 95.7 Å². The smallest absolute Gasteiger partial charge is 0.245 e. The van der Waals surface area contributed by atoms with Crippen LogP contribution in [0, 0.1) is 19.3 Å². The standard InChI is InChI=1S/C10H15N3O2S/c1-4-6-9(5-2)13-16(14,15)10-7-11-12-8(10)3/h2,7,9,13H,4,6H2,1,3H3,(H,11,12). The maximum absolute atomic E-state index is 11.9. The van der Waals surface area contributed by atoms with E-state index < -0.39 is 16.1 Å². The third-order valence-electron chi connectivity index (χ3n) is 2.15. The molecule has 0 amide bonds. The van der Waals surface area contributed by atoms with Gasteiger partial charge in [0.05, 0.1) is 17.9 Å². The fourth-order valence-electron chi connectivity index (χ4n) is 1.33. The molecule has 16 heavy (non-hydrogen) atoms. The van der Waals surface area contributed by atoms with Crippen molar-refractivity contribution in [1.29, 1.82) is 0 Å². The number of hydrogen-bond acceptors (Lipinski definition) is 3. The van der Waals surface area contributed by atoms with Crippen LogP contribution in [-0.2, 0) is 10.0 Å². The largest absolute Gasteiger partial charge is 0.281 e. The lowest BCUT2D eigenvalue weighted by molar-refractivity contribution is 0.564. The molecule has 1 unspecified atom stereocenters. The van der Waals surface area contributed by atoms with Gasteiger partial charge in [0.15, 0.2) is 0 Å². The zero-order chi connectivity index (χ0) is 12.2. The molecule has 2 N–H and O–H groups in total. The summed E-state index contributed by atoms with van der Waals surface area (Å²) in [4.78, 5) is 0.142. The summed E-state index contributed by atoms with van der Waals surface area (Å²) in [6.45, 7) is 3.59. The number of aromatic amines is 1. The lowest BCUT2D eigenvalue weighted by Crippen LogP contribution is -2.33. The van der Waals surface area contributed by atoms with E-state index in [1.54, 1.807) is 6.92 Å². The quantitative estimate of drug-likeness (QED) is 0.749. The van der Waals surface area contributed by atoms with Gasteiger partial charge in [-0.2, -0.15) is 9.82 Å². The van der Waals surface area contributed by atoms with Crippen LogP contribution in [-0.4, -0.2) is 24.7 Å². The van der Waals surface area contributed by atoms with Crippen molar-refractivity contribution in [2.45, 2.75) is 37.6 Å². The summed E-state index contributed by atoms with van der Waals surface area (Å²) in [7, 11) is -3.57. The summed E-state index contributed by atoms with van der Waals surface area (Å²) in [6.07, 6.45) is 7.97. The van der Waals surface area contributed by atoms with Gasteiger partial charge >= 0.3 is 0 Å². The second-order valence-electron chi connectivity index (χ2n) is 3.49. The number of aryl methyl sites for hydroxylation is 1. The Morgan fingerprint density at radius 1 is 1.69 bits per heavy atom. The van der Waals surface area contributed by atoms with Crippen LogP contribution in [0.1, 0.15) is 25.5 Å². The zero-order valence-electron chi connectivity index (χ0n) is 9.32. The molecule has 0 spiro atoms. The van der Waals surface area contributed by atoms with Crippen LogP contribution in [0.3, 0.4) is 0 Å². The Morgan fingerprint density at radius 3 is 2.81 bits per heavy atom. The minimum Gasteiger partial charge on any atom is -0.281 e. The molecular weight excluding hydrogens is 226 g/mol. The van der Waals surface area contributed by atoms with Crippen molar-refractivity contribution >= 4 is 10.0 Å². The first-order valence-corrected chi connectivity index (χ1v) is 6.48. The normalized spacial score (nSPS) is 13.3. The van der Waals surface area contributed by atoms with Crippen LogP contribution < -0.4 is 4.72 Å². The van der Waals surface area contributed by atoms with Crippen molar-refractivity contribution in [2.75, 3.05) is 0 Å². The lowest BCUT2D eigenvalue weighted by atomic mass is 10.2. The average Bonchev–Trinajstić information content (AvgIpc) is 2.64. The predicted octanol–water partition coefficient (Wildman–Crippen LogP) is 0.798. The van der Waals surface area contributed by atoms with Gasteiger partial charge in [0.25, 0.3) is 0 Å². The SMILES string of the molecule is C#CC(CCC)NS(=O)(=O)c1cn[nH]c1C. The third-order valence-corrected chi connectivity index (χ3v) is 3.73. The average molecular weight is 241 g/mol. The minimum atomic E-state index is -3.57. The molecule has 0 aliphatic carbocycles. The second kappa shape index (κ2) is 5.14. The van der Waals surface area contributed by atoms with E-state index in [1.807, 2.05) is 6.92 Å². The highest BCUT2D eigenvalue weighted by Crippen LogP contribution is 2.12. The Morgan fingerprint density at radius 2 is 2.38 bits per heavy atom. The zero-order valence-corrected chi connectivity index (χ0v) is 10.1. The topological polar surface area (TPSA) is 74.8 Å². The number of terminal acetylenes is 1. The molecular formula is C10H15N3O2S. The van der Waals surface area contributed by atoms with E-state index >= 15 is 0 Å². The minimum absolute atomic E-state index is 0.142. The molecule has 0 saturated heterocycles. The lowest BCUT2D eigenvalue weighted by Gasteiger charge is -2.11. The Hall–Kier alpha value is -1.32. The van der Waals surface area contributed by atoms with Gasteiger partial charge in [0, 0.05) is 0 Å². The number of aromatic nitrogens is 2. The fraction of sp³-hybridized carbons (Fsp3) is 0.500. The first-order chi connectivity index (χ1) is 7.51. The number of H-pyrrole nitrogens is 1. The molecule has 0 aromatic carbocycles. The highest BCUT2D eigenvalue weighted by Gasteiger charge is 2.21. The number of nitrogens with one attached hydrogen (secondary N) is 2. The summed E-state index contributed by atoms with van der Waals surface area (Å²) in [5, 5.41) is 6.25. The Bertz CT molecular complexity index is 484. The van der Waals surface area contributed by atoms with E-state index in [4.69, 9.17) is 6.42 Å². The molecule has 0 aliphatic heterocycles. The summed E-state index contributed by atoms with van der Waals surface area (Å²) >= 11 is 0. The van der Waals surface area contributed by atoms with Crippen LogP contribution in [0.25, 0.3) is 0 Å². The fourth-order valence-corrected chi connectivity index (χ4v) is 2.65. The van der Waals surface area contributed by atoms with E-state index in [0.29, 0.717) is 12.1 Å². The Kier molecular flexibility index (Phi) is 4.10. The molecule has 6 heteroatoms. The molecule has 1 rings (SSSR count). The van der Waals surface area contributed by atoms with E-state index in [9.17, 15) is 8.42 Å². The van der Waals surface area contributed by atoms with Crippen molar-refractivity contribution in [3.8, 4) is 12.3 Å². The first kappa shape index (κ1) is 12.7. The molecule has 1 atom stereocenters. The summed E-state index contributed by atoms with van der Waals surface area (Å²) in [6, 6.07) is -0.468. The molecule has 88 valence electrons. The first-order valence-electron chi connectivity index (χ1n) is 4.99. The third kappa shape index (κ3) is 2.84. The van der Waals surface area contributed by atoms with Gasteiger partial charge in [0.1, 0.15) is 4.90 Å². The van der Waals surface area contributed by atoms with Gasteiger partial charge in [0.2, 0.25) is 10.0 Å². The van der Waals surface area contributed by atoms with E-state index in [1.165, 1.54) is 6.20 Å². The highest BCUT2D eigenvalue weighted by molar-refractivity contribution is 7.89. The molecule has 0 bridgehead atoms. The summed E-state index contributed by atoms with van der Waals surface area (Å²) in [5.41, 5.74) is 0.500. The van der Waals surface area contributed by atoms with Crippen LogP contribution in [0.15, 0.2) is 11.1 Å². The number of rotatable bonds is 5. The van der Waals surface area contributed by atoms with Crippen molar-refractivity contribution in [3.05, 3.63) is 11.9 Å². The van der Waals surface area contributed by atoms with Crippen LogP contribution in [0.2, 0.25) is 0 Å². The Balaban J connectivity index is 2.89. The van der Waals surface area contributed by atoms with Gasteiger partial charge in [-0.1, -0.05) is 19.3 Å². The van der Waals surface area contributed by atoms with Crippen molar-refractivity contribution in [2.24, 2.45) is 0 Å². The van der Waals surface area contributed by atoms with Crippen LogP contribution in [0.4, 0.5) is 0 Å². The van der Waals surface area contributed by atoms with Gasteiger partial charge in [-0.25, -0.2) is 8.42 Å². The monoisotopic (exact) mass is 241 g/mol. The van der Waals surface area contributed by atoms with E-state index in [-0.39, 0.29) is 4.90 Å². The van der Waals surface area contributed by atoms with Crippen molar-refractivity contribution in [3.63, 3.8) is 0 Å². The summed E-state index contributed by atoms with van der Waals surface area (Å²) in [5.74, 6) is 2.42. The van der Waals surface area contributed by atoms with Crippen molar-refractivity contribution < 1.29 is 8.42 Å². The number of sulfonamides is 1. The van der Waals surface area contributed by atoms with Crippen LogP contribution in [0.5, 0.6) is 0 Å². The molecule has 0 radical (unpaired) electrons. The number of nitrogens with zero attached hydrogens (tertiary/aromatic N) is 1. The molecule has 1 aromatic rings. The van der Waals surface area contributed by atoms with Crippen LogP contribution >= 0.6 is 0 Å². The molecule has 1 aromatic heterocycles. The van der Waals surface area contributed by atoms with Crippen molar-refractivity contribution in [1.82, 2.24) is 14.9 Å². The molecule has 0 fully saturated rings. The number of hydrogen-bond donors (Lipinski definition) is 2. The summed E-state index contributed by atoms with van der Waals surface area (Å²) < 4.78 is 26.2. The van der Waals surface area contributed by atoms with Gasteiger partial charge < -0.3 is 0 Å². The van der Waals surface area contributed by atoms with E-state index in [0.717, 1.165) is 6.42 Å². The molecule has 0 saturated carbocycles. The predicted molar refractivity (Wildman–Crippen MR) is 61.2 cm³/mol. The maximum Gasteiger partial charge on any atom is 0.245 e. The van der Waals surface area contributed by atoms with Gasteiger partial charge in [-0.15, -0.1) is 6.42 Å². The van der Waals surface area contributed by atoms with Gasteiger partial charge in [-0.3, -0.25) is 5.10 Å². The molecule has 0 aliphatic rings. The maximum atomic E-state index is 11.9.